The maximum Gasteiger partial charge on any atom is 0.267 e. The van der Waals surface area contributed by atoms with Crippen molar-refractivity contribution < 1.29 is 8.78 Å². The van der Waals surface area contributed by atoms with Gasteiger partial charge in [0.2, 0.25) is 0 Å². The van der Waals surface area contributed by atoms with Crippen LogP contribution in [0.5, 0.6) is 0 Å². The second kappa shape index (κ2) is 9.07. The highest BCUT2D eigenvalue weighted by Crippen LogP contribution is 2.24. The minimum absolute atomic E-state index is 0.237. The molecule has 6 nitrogen and oxygen atoms in total. The van der Waals surface area contributed by atoms with E-state index in [9.17, 15) is 13.6 Å². The first-order valence-electron chi connectivity index (χ1n) is 10.9. The molecule has 0 spiro atoms. The molecule has 2 aromatic carbocycles. The summed E-state index contributed by atoms with van der Waals surface area (Å²) in [6.45, 7) is 2.23. The number of piperidine rings is 1. The van der Waals surface area contributed by atoms with Gasteiger partial charge in [0.25, 0.3) is 5.56 Å². The van der Waals surface area contributed by atoms with Gasteiger partial charge in [-0.3, -0.25) is 9.48 Å². The van der Waals surface area contributed by atoms with E-state index in [4.69, 9.17) is 0 Å². The molecule has 1 aliphatic heterocycles. The summed E-state index contributed by atoms with van der Waals surface area (Å²) >= 11 is 0. The number of nitrogens with one attached hydrogen (secondary N) is 1. The molecule has 0 radical (unpaired) electrons. The first-order chi connectivity index (χ1) is 16.0. The Kier molecular flexibility index (Phi) is 5.83. The molecule has 0 saturated carbocycles. The van der Waals surface area contributed by atoms with Crippen molar-refractivity contribution in [2.45, 2.75) is 25.4 Å². The summed E-state index contributed by atoms with van der Waals surface area (Å²) in [5, 5.41) is 12.3. The van der Waals surface area contributed by atoms with E-state index in [-0.39, 0.29) is 17.7 Å². The fraction of sp³-hybridized carbons (Fsp3) is 0.240. The van der Waals surface area contributed by atoms with E-state index >= 15 is 0 Å². The molecule has 1 fully saturated rings. The van der Waals surface area contributed by atoms with Crippen molar-refractivity contribution in [1.29, 1.82) is 0 Å². The van der Waals surface area contributed by atoms with Crippen molar-refractivity contribution >= 4 is 0 Å². The average Bonchev–Trinajstić information content (AvgIpc) is 3.31. The van der Waals surface area contributed by atoms with E-state index in [1.54, 1.807) is 0 Å². The molecule has 0 bridgehead atoms. The van der Waals surface area contributed by atoms with Crippen LogP contribution in [0.25, 0.3) is 22.4 Å². The third-order valence-electron chi connectivity index (χ3n) is 5.90. The van der Waals surface area contributed by atoms with Gasteiger partial charge in [0, 0.05) is 29.5 Å². The zero-order chi connectivity index (χ0) is 22.8. The van der Waals surface area contributed by atoms with Gasteiger partial charge in [-0.25, -0.2) is 13.5 Å². The molecular formula is C25H23F2N5O. The third kappa shape index (κ3) is 4.75. The molecule has 3 heterocycles. The van der Waals surface area contributed by atoms with Gasteiger partial charge >= 0.3 is 0 Å². The van der Waals surface area contributed by atoms with E-state index < -0.39 is 11.6 Å². The quantitative estimate of drug-likeness (QED) is 0.502. The summed E-state index contributed by atoms with van der Waals surface area (Å²) in [5.74, 6) is -1.38. The predicted molar refractivity (Wildman–Crippen MR) is 122 cm³/mol. The number of benzene rings is 2. The van der Waals surface area contributed by atoms with E-state index in [0.29, 0.717) is 11.7 Å². The highest BCUT2D eigenvalue weighted by Gasteiger charge is 2.16. The summed E-state index contributed by atoms with van der Waals surface area (Å²) in [6, 6.07) is 14.3. The van der Waals surface area contributed by atoms with Gasteiger partial charge in [-0.15, -0.1) is 0 Å². The van der Waals surface area contributed by atoms with Crippen molar-refractivity contribution in [3.05, 3.63) is 94.5 Å². The maximum absolute atomic E-state index is 13.6. The number of rotatable bonds is 5. The van der Waals surface area contributed by atoms with Gasteiger partial charge in [0.15, 0.2) is 0 Å². The van der Waals surface area contributed by atoms with E-state index in [1.807, 2.05) is 35.1 Å². The molecule has 8 heteroatoms. The van der Waals surface area contributed by atoms with Gasteiger partial charge in [0.05, 0.1) is 24.5 Å². The van der Waals surface area contributed by atoms with Crippen molar-refractivity contribution in [2.24, 2.45) is 0 Å². The summed E-state index contributed by atoms with van der Waals surface area (Å²) in [5.41, 5.74) is 3.22. The minimum atomic E-state index is -0.692. The summed E-state index contributed by atoms with van der Waals surface area (Å²) in [4.78, 5) is 12.4. The molecule has 2 aromatic heterocycles. The number of halogens is 2. The Morgan fingerprint density at radius 2 is 1.73 bits per heavy atom. The van der Waals surface area contributed by atoms with Gasteiger partial charge in [-0.2, -0.15) is 10.2 Å². The zero-order valence-electron chi connectivity index (χ0n) is 17.9. The number of hydrogen-bond acceptors (Lipinski definition) is 4. The Morgan fingerprint density at radius 3 is 2.52 bits per heavy atom. The molecular weight excluding hydrogens is 424 g/mol. The van der Waals surface area contributed by atoms with Crippen molar-refractivity contribution in [1.82, 2.24) is 24.9 Å². The molecule has 0 amide bonds. The van der Waals surface area contributed by atoms with E-state index in [1.165, 1.54) is 28.9 Å². The molecule has 33 heavy (non-hydrogen) atoms. The van der Waals surface area contributed by atoms with Gasteiger partial charge in [-0.1, -0.05) is 18.2 Å². The predicted octanol–water partition coefficient (Wildman–Crippen LogP) is 4.02. The second-order valence-corrected chi connectivity index (χ2v) is 8.26. The Labute approximate surface area is 189 Å². The Balaban J connectivity index is 1.40. The van der Waals surface area contributed by atoms with E-state index in [2.05, 4.69) is 21.7 Å². The maximum atomic E-state index is 13.6. The van der Waals surface area contributed by atoms with Crippen molar-refractivity contribution in [3.63, 3.8) is 0 Å². The van der Waals surface area contributed by atoms with Crippen LogP contribution in [-0.4, -0.2) is 32.7 Å². The molecule has 5 rings (SSSR count). The first kappa shape index (κ1) is 21.2. The number of nitrogens with zero attached hydrogens (tertiary/aromatic N) is 4. The monoisotopic (exact) mass is 447 g/mol. The van der Waals surface area contributed by atoms with Gasteiger partial charge < -0.3 is 5.32 Å². The van der Waals surface area contributed by atoms with Gasteiger partial charge in [0.1, 0.15) is 11.6 Å². The third-order valence-corrected chi connectivity index (χ3v) is 5.90. The number of hydrogen-bond donors (Lipinski definition) is 1. The minimum Gasteiger partial charge on any atom is -0.317 e. The topological polar surface area (TPSA) is 64.7 Å². The summed E-state index contributed by atoms with van der Waals surface area (Å²) in [7, 11) is 0. The SMILES string of the molecule is O=c1ccc(-c2cc(F)cc(F)c2)nn1Cc1cccc(-c2cnn(C3CCNCC3)c2)c1. The van der Waals surface area contributed by atoms with Crippen LogP contribution in [-0.2, 0) is 6.54 Å². The fourth-order valence-corrected chi connectivity index (χ4v) is 4.20. The molecule has 4 aromatic rings. The Morgan fingerprint density at radius 1 is 0.939 bits per heavy atom. The smallest absolute Gasteiger partial charge is 0.267 e. The number of aromatic nitrogens is 4. The normalized spacial score (nSPS) is 14.5. The van der Waals surface area contributed by atoms with Crippen molar-refractivity contribution in [3.8, 4) is 22.4 Å². The fourth-order valence-electron chi connectivity index (χ4n) is 4.20. The Hall–Kier alpha value is -3.65. The van der Waals surface area contributed by atoms with Crippen LogP contribution in [0.2, 0.25) is 0 Å². The lowest BCUT2D eigenvalue weighted by atomic mass is 10.1. The molecule has 0 unspecified atom stereocenters. The highest BCUT2D eigenvalue weighted by molar-refractivity contribution is 5.62. The van der Waals surface area contributed by atoms with Crippen LogP contribution < -0.4 is 10.9 Å². The Bertz CT molecular complexity index is 1320. The summed E-state index contributed by atoms with van der Waals surface area (Å²) in [6.07, 6.45) is 6.05. The van der Waals surface area contributed by atoms with Crippen LogP contribution in [0.4, 0.5) is 8.78 Å². The molecule has 1 N–H and O–H groups in total. The van der Waals surface area contributed by atoms with Crippen LogP contribution in [0.3, 0.4) is 0 Å². The summed E-state index contributed by atoms with van der Waals surface area (Å²) < 4.78 is 30.6. The van der Waals surface area contributed by atoms with Crippen LogP contribution in [0.1, 0.15) is 24.4 Å². The molecule has 168 valence electrons. The van der Waals surface area contributed by atoms with Crippen LogP contribution in [0, 0.1) is 11.6 Å². The van der Waals surface area contributed by atoms with Crippen LogP contribution >= 0.6 is 0 Å². The molecule has 1 saturated heterocycles. The molecule has 0 atom stereocenters. The lowest BCUT2D eigenvalue weighted by Gasteiger charge is -2.22. The first-order valence-corrected chi connectivity index (χ1v) is 10.9. The molecule has 1 aliphatic rings. The zero-order valence-corrected chi connectivity index (χ0v) is 17.9. The standard InChI is InChI=1S/C25H23F2N5O/c26-21-11-19(12-22(27)13-21)24-4-5-25(33)32(30-24)15-17-2-1-3-18(10-17)20-14-29-31(16-20)23-6-8-28-9-7-23/h1-5,10-14,16,23,28H,6-9,15H2. The van der Waals surface area contributed by atoms with Crippen molar-refractivity contribution in [2.75, 3.05) is 13.1 Å². The highest BCUT2D eigenvalue weighted by atomic mass is 19.1. The largest absolute Gasteiger partial charge is 0.317 e. The van der Waals surface area contributed by atoms with E-state index in [0.717, 1.165) is 48.7 Å². The average molecular weight is 447 g/mol. The second-order valence-electron chi connectivity index (χ2n) is 8.26. The van der Waals surface area contributed by atoms with Gasteiger partial charge in [-0.05, 0) is 61.3 Å². The van der Waals surface area contributed by atoms with Crippen LogP contribution in [0.15, 0.2) is 71.8 Å². The lowest BCUT2D eigenvalue weighted by Crippen LogP contribution is -2.29. The lowest BCUT2D eigenvalue weighted by molar-refractivity contribution is 0.343. The molecule has 0 aliphatic carbocycles.